The van der Waals surface area contributed by atoms with Gasteiger partial charge in [-0.05, 0) is 18.2 Å². The number of halogens is 3. The van der Waals surface area contributed by atoms with Crippen molar-refractivity contribution in [3.8, 4) is 0 Å². The second kappa shape index (κ2) is 6.29. The van der Waals surface area contributed by atoms with Crippen LogP contribution in [0.4, 0.5) is 13.2 Å². The van der Waals surface area contributed by atoms with Crippen molar-refractivity contribution >= 4 is 12.1 Å². The number of nitrogens with one attached hydrogen (secondary N) is 1. The SMILES string of the molecule is O=C(Cn1cc(C(F)(F)F)ccc1=O)NN=Cc1ccco1. The van der Waals surface area contributed by atoms with Crippen molar-refractivity contribution in [1.82, 2.24) is 9.99 Å². The minimum absolute atomic E-state index is 0.386. The lowest BCUT2D eigenvalue weighted by Crippen LogP contribution is -2.30. The first-order chi connectivity index (χ1) is 10.4. The molecule has 1 amide bonds. The van der Waals surface area contributed by atoms with Gasteiger partial charge in [0.05, 0.1) is 18.0 Å². The molecule has 1 N–H and O–H groups in total. The van der Waals surface area contributed by atoms with Crippen LogP contribution >= 0.6 is 0 Å². The van der Waals surface area contributed by atoms with Crippen LogP contribution in [-0.4, -0.2) is 16.7 Å². The third-order valence-corrected chi connectivity index (χ3v) is 2.55. The first kappa shape index (κ1) is 15.5. The number of furan rings is 1. The Balaban J connectivity index is 2.03. The second-order valence-electron chi connectivity index (χ2n) is 4.19. The molecule has 0 radical (unpaired) electrons. The van der Waals surface area contributed by atoms with Crippen LogP contribution in [0.15, 0.2) is 51.0 Å². The zero-order chi connectivity index (χ0) is 16.2. The Morgan fingerprint density at radius 3 is 2.77 bits per heavy atom. The molecule has 0 spiro atoms. The first-order valence-corrected chi connectivity index (χ1v) is 5.99. The van der Waals surface area contributed by atoms with Crippen molar-refractivity contribution in [2.24, 2.45) is 5.10 Å². The van der Waals surface area contributed by atoms with Crippen molar-refractivity contribution in [2.75, 3.05) is 0 Å². The monoisotopic (exact) mass is 313 g/mol. The Morgan fingerprint density at radius 2 is 2.14 bits per heavy atom. The summed E-state index contributed by atoms with van der Waals surface area (Å²) in [6.07, 6.45) is -1.39. The fourth-order valence-electron chi connectivity index (χ4n) is 1.55. The number of hydrazone groups is 1. The molecule has 116 valence electrons. The van der Waals surface area contributed by atoms with E-state index in [2.05, 4.69) is 10.5 Å². The van der Waals surface area contributed by atoms with E-state index in [0.29, 0.717) is 22.6 Å². The molecule has 0 aliphatic heterocycles. The second-order valence-corrected chi connectivity index (χ2v) is 4.19. The average Bonchev–Trinajstić information content (AvgIpc) is 2.93. The number of rotatable bonds is 4. The maximum Gasteiger partial charge on any atom is 0.417 e. The molecule has 22 heavy (non-hydrogen) atoms. The summed E-state index contributed by atoms with van der Waals surface area (Å²) < 4.78 is 43.2. The summed E-state index contributed by atoms with van der Waals surface area (Å²) in [5, 5.41) is 3.55. The predicted molar refractivity (Wildman–Crippen MR) is 70.1 cm³/mol. The number of hydrogen-bond donors (Lipinski definition) is 1. The van der Waals surface area contributed by atoms with E-state index in [4.69, 9.17) is 4.42 Å². The standard InChI is InChI=1S/C13H10F3N3O3/c14-13(15,16)9-3-4-12(21)19(7-9)8-11(20)18-17-6-10-2-1-5-22-10/h1-7H,8H2,(H,18,20). The summed E-state index contributed by atoms with van der Waals surface area (Å²) in [6.45, 7) is -0.585. The quantitative estimate of drug-likeness (QED) is 0.688. The average molecular weight is 313 g/mol. The van der Waals surface area contributed by atoms with Crippen LogP contribution in [0.1, 0.15) is 11.3 Å². The summed E-state index contributed by atoms with van der Waals surface area (Å²) >= 11 is 0. The maximum atomic E-state index is 12.5. The topological polar surface area (TPSA) is 76.6 Å². The summed E-state index contributed by atoms with van der Waals surface area (Å²) in [5.74, 6) is -0.360. The van der Waals surface area contributed by atoms with E-state index in [9.17, 15) is 22.8 Å². The van der Waals surface area contributed by atoms with Gasteiger partial charge >= 0.3 is 6.18 Å². The normalized spacial score (nSPS) is 11.8. The van der Waals surface area contributed by atoms with Crippen molar-refractivity contribution in [3.63, 3.8) is 0 Å². The van der Waals surface area contributed by atoms with E-state index in [-0.39, 0.29) is 0 Å². The van der Waals surface area contributed by atoms with E-state index in [0.717, 1.165) is 6.07 Å². The van der Waals surface area contributed by atoms with Crippen LogP contribution in [0.3, 0.4) is 0 Å². The van der Waals surface area contributed by atoms with Gasteiger partial charge in [0.2, 0.25) is 0 Å². The Labute approximate surface area is 121 Å². The van der Waals surface area contributed by atoms with Crippen molar-refractivity contribution < 1.29 is 22.4 Å². The summed E-state index contributed by atoms with van der Waals surface area (Å²) in [6, 6.07) is 4.62. The number of carbonyl (C=O) groups is 1. The van der Waals surface area contributed by atoms with Crippen LogP contribution in [0, 0.1) is 0 Å². The highest BCUT2D eigenvalue weighted by Gasteiger charge is 2.31. The van der Waals surface area contributed by atoms with Crippen molar-refractivity contribution in [2.45, 2.75) is 12.7 Å². The van der Waals surface area contributed by atoms with Gasteiger partial charge in [-0.2, -0.15) is 18.3 Å². The number of carbonyl (C=O) groups excluding carboxylic acids is 1. The molecule has 0 saturated heterocycles. The van der Waals surface area contributed by atoms with Gasteiger partial charge in [-0.25, -0.2) is 5.43 Å². The van der Waals surface area contributed by atoms with E-state index in [1.54, 1.807) is 12.1 Å². The number of nitrogens with zero attached hydrogens (tertiary/aromatic N) is 2. The van der Waals surface area contributed by atoms with Crippen molar-refractivity contribution in [3.05, 3.63) is 58.4 Å². The third kappa shape index (κ3) is 4.08. The van der Waals surface area contributed by atoms with Gasteiger partial charge in [-0.15, -0.1) is 0 Å². The molecule has 0 aromatic carbocycles. The van der Waals surface area contributed by atoms with Gasteiger partial charge in [0.25, 0.3) is 11.5 Å². The van der Waals surface area contributed by atoms with E-state index >= 15 is 0 Å². The maximum absolute atomic E-state index is 12.5. The lowest BCUT2D eigenvalue weighted by atomic mass is 10.3. The first-order valence-electron chi connectivity index (χ1n) is 5.99. The van der Waals surface area contributed by atoms with E-state index in [1.165, 1.54) is 12.5 Å². The minimum atomic E-state index is -4.59. The molecule has 0 saturated carbocycles. The Morgan fingerprint density at radius 1 is 1.36 bits per heavy atom. The zero-order valence-corrected chi connectivity index (χ0v) is 11.0. The summed E-state index contributed by atoms with van der Waals surface area (Å²) in [7, 11) is 0. The molecule has 0 bridgehead atoms. The summed E-state index contributed by atoms with van der Waals surface area (Å²) in [5.41, 5.74) is 0.346. The Hall–Kier alpha value is -2.84. The molecule has 0 aliphatic rings. The zero-order valence-electron chi connectivity index (χ0n) is 11.0. The molecule has 0 aliphatic carbocycles. The Kier molecular flexibility index (Phi) is 4.44. The van der Waals surface area contributed by atoms with Crippen LogP contribution in [0.5, 0.6) is 0 Å². The minimum Gasteiger partial charge on any atom is -0.463 e. The van der Waals surface area contributed by atoms with Gasteiger partial charge in [0.1, 0.15) is 12.3 Å². The highest BCUT2D eigenvalue weighted by Crippen LogP contribution is 2.27. The number of hydrogen-bond acceptors (Lipinski definition) is 4. The smallest absolute Gasteiger partial charge is 0.417 e. The van der Waals surface area contributed by atoms with Crippen LogP contribution in [0.2, 0.25) is 0 Å². The fraction of sp³-hybridized carbons (Fsp3) is 0.154. The molecule has 6 nitrogen and oxygen atoms in total. The molecule has 0 unspecified atom stereocenters. The third-order valence-electron chi connectivity index (χ3n) is 2.55. The molecule has 0 atom stereocenters. The van der Waals surface area contributed by atoms with Crippen LogP contribution in [-0.2, 0) is 17.5 Å². The number of pyridine rings is 1. The van der Waals surface area contributed by atoms with Crippen LogP contribution in [0.25, 0.3) is 0 Å². The molecule has 2 rings (SSSR count). The number of aromatic nitrogens is 1. The largest absolute Gasteiger partial charge is 0.463 e. The lowest BCUT2D eigenvalue weighted by molar-refractivity contribution is -0.138. The van der Waals surface area contributed by atoms with Gasteiger partial charge < -0.3 is 8.98 Å². The molecule has 9 heteroatoms. The highest BCUT2D eigenvalue weighted by molar-refractivity contribution is 5.80. The molecule has 2 heterocycles. The summed E-state index contributed by atoms with van der Waals surface area (Å²) in [4.78, 5) is 23.0. The number of alkyl halides is 3. The molecule has 2 aromatic rings. The van der Waals surface area contributed by atoms with Gasteiger partial charge in [-0.1, -0.05) is 0 Å². The van der Waals surface area contributed by atoms with Gasteiger partial charge in [0.15, 0.2) is 0 Å². The molecule has 0 fully saturated rings. The fourth-order valence-corrected chi connectivity index (χ4v) is 1.55. The lowest BCUT2D eigenvalue weighted by Gasteiger charge is -2.09. The van der Waals surface area contributed by atoms with Gasteiger partial charge in [0, 0.05) is 12.3 Å². The molecule has 2 aromatic heterocycles. The highest BCUT2D eigenvalue weighted by atomic mass is 19.4. The predicted octanol–water partition coefficient (Wildman–Crippen LogP) is 1.61. The van der Waals surface area contributed by atoms with Crippen LogP contribution < -0.4 is 11.0 Å². The van der Waals surface area contributed by atoms with Gasteiger partial charge in [-0.3, -0.25) is 9.59 Å². The van der Waals surface area contributed by atoms with E-state index < -0.39 is 29.8 Å². The van der Waals surface area contributed by atoms with Crippen molar-refractivity contribution in [1.29, 1.82) is 0 Å². The Bertz CT molecular complexity index is 733. The number of amides is 1. The van der Waals surface area contributed by atoms with E-state index in [1.807, 2.05) is 0 Å². The molecular weight excluding hydrogens is 303 g/mol. The molecular formula is C13H10F3N3O3.